The average molecular weight is 359 g/mol. The average Bonchev–Trinajstić information content (AvgIpc) is 2.73. The van der Waals surface area contributed by atoms with Crippen LogP contribution < -0.4 is 14.8 Å². The SMILES string of the molecule is COc1ccc(/C=C/C(=O)Nc2ccc(OCc3ccccc3)cc2)cc1. The molecule has 0 aliphatic heterocycles. The number of benzene rings is 3. The molecule has 0 bridgehead atoms. The molecule has 0 saturated carbocycles. The maximum absolute atomic E-state index is 12.1. The molecule has 3 aromatic carbocycles. The third-order valence-electron chi connectivity index (χ3n) is 3.91. The summed E-state index contributed by atoms with van der Waals surface area (Å²) in [4.78, 5) is 12.1. The maximum Gasteiger partial charge on any atom is 0.248 e. The van der Waals surface area contributed by atoms with Crippen LogP contribution in [0.25, 0.3) is 6.08 Å². The molecule has 0 heterocycles. The van der Waals surface area contributed by atoms with Gasteiger partial charge in [-0.25, -0.2) is 0 Å². The van der Waals surface area contributed by atoms with Crippen LogP contribution in [0.15, 0.2) is 84.9 Å². The van der Waals surface area contributed by atoms with E-state index < -0.39 is 0 Å². The Balaban J connectivity index is 1.51. The molecule has 3 aromatic rings. The first kappa shape index (κ1) is 18.3. The number of anilines is 1. The van der Waals surface area contributed by atoms with Gasteiger partial charge in [-0.05, 0) is 53.6 Å². The van der Waals surface area contributed by atoms with Crippen LogP contribution in [0, 0.1) is 0 Å². The molecule has 0 aliphatic carbocycles. The Morgan fingerprint density at radius 2 is 1.56 bits per heavy atom. The number of nitrogens with one attached hydrogen (secondary N) is 1. The van der Waals surface area contributed by atoms with Crippen molar-refractivity contribution in [1.29, 1.82) is 0 Å². The van der Waals surface area contributed by atoms with E-state index in [2.05, 4.69) is 5.32 Å². The zero-order chi connectivity index (χ0) is 18.9. The molecule has 0 saturated heterocycles. The lowest BCUT2D eigenvalue weighted by atomic mass is 10.2. The van der Waals surface area contributed by atoms with Gasteiger partial charge in [0.1, 0.15) is 18.1 Å². The van der Waals surface area contributed by atoms with Crippen LogP contribution in [-0.2, 0) is 11.4 Å². The smallest absolute Gasteiger partial charge is 0.248 e. The van der Waals surface area contributed by atoms with Crippen LogP contribution in [0.2, 0.25) is 0 Å². The van der Waals surface area contributed by atoms with E-state index in [1.165, 1.54) is 6.08 Å². The summed E-state index contributed by atoms with van der Waals surface area (Å²) in [5.41, 5.74) is 2.75. The molecule has 0 unspecified atom stereocenters. The molecule has 0 fully saturated rings. The van der Waals surface area contributed by atoms with Crippen molar-refractivity contribution in [1.82, 2.24) is 0 Å². The van der Waals surface area contributed by atoms with Crippen LogP contribution in [0.5, 0.6) is 11.5 Å². The minimum Gasteiger partial charge on any atom is -0.497 e. The summed E-state index contributed by atoms with van der Waals surface area (Å²) in [5, 5.41) is 2.83. The van der Waals surface area contributed by atoms with Crippen LogP contribution >= 0.6 is 0 Å². The van der Waals surface area contributed by atoms with E-state index in [0.717, 1.165) is 22.6 Å². The van der Waals surface area contributed by atoms with Crippen molar-refractivity contribution < 1.29 is 14.3 Å². The van der Waals surface area contributed by atoms with Gasteiger partial charge in [-0.15, -0.1) is 0 Å². The second-order valence-electron chi connectivity index (χ2n) is 5.89. The van der Waals surface area contributed by atoms with E-state index in [-0.39, 0.29) is 5.91 Å². The molecule has 1 amide bonds. The van der Waals surface area contributed by atoms with E-state index in [9.17, 15) is 4.79 Å². The van der Waals surface area contributed by atoms with Gasteiger partial charge in [-0.2, -0.15) is 0 Å². The van der Waals surface area contributed by atoms with Crippen molar-refractivity contribution in [3.8, 4) is 11.5 Å². The number of hydrogen-bond acceptors (Lipinski definition) is 3. The Morgan fingerprint density at radius 3 is 2.22 bits per heavy atom. The number of hydrogen-bond donors (Lipinski definition) is 1. The highest BCUT2D eigenvalue weighted by Gasteiger charge is 2.00. The molecular weight excluding hydrogens is 338 g/mol. The van der Waals surface area contributed by atoms with Gasteiger partial charge in [0.15, 0.2) is 0 Å². The molecular formula is C23H21NO3. The first-order valence-corrected chi connectivity index (χ1v) is 8.63. The van der Waals surface area contributed by atoms with E-state index >= 15 is 0 Å². The number of rotatable bonds is 7. The largest absolute Gasteiger partial charge is 0.497 e. The molecule has 4 heteroatoms. The molecule has 1 N–H and O–H groups in total. The van der Waals surface area contributed by atoms with Gasteiger partial charge in [0.2, 0.25) is 5.91 Å². The Hall–Kier alpha value is -3.53. The fourth-order valence-corrected chi connectivity index (χ4v) is 2.45. The topological polar surface area (TPSA) is 47.6 Å². The number of methoxy groups -OCH3 is 1. The summed E-state index contributed by atoms with van der Waals surface area (Å²) >= 11 is 0. The van der Waals surface area contributed by atoms with Crippen molar-refractivity contribution in [2.24, 2.45) is 0 Å². The Kier molecular flexibility index (Phi) is 6.26. The quantitative estimate of drug-likeness (QED) is 0.609. The Morgan fingerprint density at radius 1 is 0.889 bits per heavy atom. The number of carbonyl (C=O) groups is 1. The summed E-state index contributed by atoms with van der Waals surface area (Å²) < 4.78 is 10.9. The van der Waals surface area contributed by atoms with E-state index in [0.29, 0.717) is 12.3 Å². The number of ether oxygens (including phenoxy) is 2. The molecule has 27 heavy (non-hydrogen) atoms. The minimum absolute atomic E-state index is 0.191. The first-order chi connectivity index (χ1) is 13.2. The second kappa shape index (κ2) is 9.25. The predicted octanol–water partition coefficient (Wildman–Crippen LogP) is 4.93. The molecule has 0 spiro atoms. The van der Waals surface area contributed by atoms with Crippen LogP contribution in [0.4, 0.5) is 5.69 Å². The fraction of sp³-hybridized carbons (Fsp3) is 0.0870. The van der Waals surface area contributed by atoms with Gasteiger partial charge in [0, 0.05) is 11.8 Å². The zero-order valence-corrected chi connectivity index (χ0v) is 15.1. The second-order valence-corrected chi connectivity index (χ2v) is 5.89. The fourth-order valence-electron chi connectivity index (χ4n) is 2.45. The van der Waals surface area contributed by atoms with Gasteiger partial charge in [0.05, 0.1) is 7.11 Å². The molecule has 0 aromatic heterocycles. The standard InChI is InChI=1S/C23H21NO3/c1-26-21-12-7-18(8-13-21)9-16-23(25)24-20-10-14-22(15-11-20)27-17-19-5-3-2-4-6-19/h2-16H,17H2,1H3,(H,24,25)/b16-9+. The summed E-state index contributed by atoms with van der Waals surface area (Å²) in [6.45, 7) is 0.511. The third kappa shape index (κ3) is 5.75. The zero-order valence-electron chi connectivity index (χ0n) is 15.1. The monoisotopic (exact) mass is 359 g/mol. The van der Waals surface area contributed by atoms with Crippen molar-refractivity contribution in [3.63, 3.8) is 0 Å². The van der Waals surface area contributed by atoms with Crippen LogP contribution in [0.3, 0.4) is 0 Å². The maximum atomic E-state index is 12.1. The lowest BCUT2D eigenvalue weighted by Gasteiger charge is -2.07. The van der Waals surface area contributed by atoms with Crippen molar-refractivity contribution >= 4 is 17.7 Å². The summed E-state index contributed by atoms with van der Waals surface area (Å²) in [6.07, 6.45) is 3.26. The third-order valence-corrected chi connectivity index (χ3v) is 3.91. The number of carbonyl (C=O) groups excluding carboxylic acids is 1. The molecule has 4 nitrogen and oxygen atoms in total. The van der Waals surface area contributed by atoms with Gasteiger partial charge in [-0.1, -0.05) is 42.5 Å². The molecule has 0 radical (unpaired) electrons. The summed E-state index contributed by atoms with van der Waals surface area (Å²) in [6, 6.07) is 24.8. The highest BCUT2D eigenvalue weighted by Crippen LogP contribution is 2.17. The predicted molar refractivity (Wildman–Crippen MR) is 108 cm³/mol. The van der Waals surface area contributed by atoms with Gasteiger partial charge in [0.25, 0.3) is 0 Å². The van der Waals surface area contributed by atoms with Crippen LogP contribution in [-0.4, -0.2) is 13.0 Å². The Labute approximate surface area is 159 Å². The lowest BCUT2D eigenvalue weighted by Crippen LogP contribution is -2.07. The first-order valence-electron chi connectivity index (χ1n) is 8.63. The molecule has 0 aliphatic rings. The lowest BCUT2D eigenvalue weighted by molar-refractivity contribution is -0.111. The molecule has 0 atom stereocenters. The van der Waals surface area contributed by atoms with Crippen molar-refractivity contribution in [3.05, 3.63) is 96.1 Å². The van der Waals surface area contributed by atoms with Crippen molar-refractivity contribution in [2.75, 3.05) is 12.4 Å². The summed E-state index contributed by atoms with van der Waals surface area (Å²) in [7, 11) is 1.62. The Bertz CT molecular complexity index is 885. The van der Waals surface area contributed by atoms with Gasteiger partial charge >= 0.3 is 0 Å². The van der Waals surface area contributed by atoms with E-state index in [1.807, 2.05) is 78.9 Å². The van der Waals surface area contributed by atoms with Gasteiger partial charge < -0.3 is 14.8 Å². The molecule has 3 rings (SSSR count). The highest BCUT2D eigenvalue weighted by atomic mass is 16.5. The van der Waals surface area contributed by atoms with Crippen LogP contribution in [0.1, 0.15) is 11.1 Å². The normalized spacial score (nSPS) is 10.6. The minimum atomic E-state index is -0.191. The van der Waals surface area contributed by atoms with E-state index in [4.69, 9.17) is 9.47 Å². The molecule has 136 valence electrons. The number of amides is 1. The highest BCUT2D eigenvalue weighted by molar-refractivity contribution is 6.01. The van der Waals surface area contributed by atoms with Crippen molar-refractivity contribution in [2.45, 2.75) is 6.61 Å². The van der Waals surface area contributed by atoms with Gasteiger partial charge in [-0.3, -0.25) is 4.79 Å². The van der Waals surface area contributed by atoms with E-state index in [1.54, 1.807) is 13.2 Å². The summed E-state index contributed by atoms with van der Waals surface area (Å²) in [5.74, 6) is 1.35.